The van der Waals surface area contributed by atoms with Crippen LogP contribution in [0.25, 0.3) is 11.1 Å². The van der Waals surface area contributed by atoms with E-state index in [1.807, 2.05) is 6.92 Å². The maximum atomic E-state index is 11.6. The Bertz CT molecular complexity index is 840. The second-order valence-corrected chi connectivity index (χ2v) is 5.54. The van der Waals surface area contributed by atoms with Crippen LogP contribution in [-0.2, 0) is 6.42 Å². The number of hydrogen-bond donors (Lipinski definition) is 2. The molecule has 7 heteroatoms. The number of aromatic nitrogens is 3. The third-order valence-electron chi connectivity index (χ3n) is 2.86. The molecule has 3 rings (SSSR count). The van der Waals surface area contributed by atoms with Gasteiger partial charge < -0.3 is 15.1 Å². The fraction of sp³-hybridized carbons (Fsp3) is 0.214. The van der Waals surface area contributed by atoms with Crippen molar-refractivity contribution in [3.63, 3.8) is 0 Å². The predicted octanol–water partition coefficient (Wildman–Crippen LogP) is 2.60. The lowest BCUT2D eigenvalue weighted by molar-refractivity contribution is 0.488. The molecule has 2 heterocycles. The van der Waals surface area contributed by atoms with E-state index in [1.165, 1.54) is 17.8 Å². The first-order valence-electron chi connectivity index (χ1n) is 6.58. The molecule has 3 N–H and O–H groups in total. The van der Waals surface area contributed by atoms with Gasteiger partial charge >= 0.3 is 0 Å². The average Bonchev–Trinajstić information content (AvgIpc) is 2.79. The van der Waals surface area contributed by atoms with Crippen molar-refractivity contribution in [2.24, 2.45) is 0 Å². The largest absolute Gasteiger partial charge is 0.431 e. The summed E-state index contributed by atoms with van der Waals surface area (Å²) >= 11 is 1.19. The molecule has 2 aromatic heterocycles. The van der Waals surface area contributed by atoms with E-state index in [1.54, 1.807) is 18.2 Å². The highest BCUT2D eigenvalue weighted by molar-refractivity contribution is 7.98. The SMILES string of the molecule is CCCc1cc(=O)[nH]c(Sc2nc3ccc(N)cc3o2)n1. The van der Waals surface area contributed by atoms with Gasteiger partial charge in [-0.25, -0.2) is 9.97 Å². The van der Waals surface area contributed by atoms with Gasteiger partial charge in [0.2, 0.25) is 0 Å². The van der Waals surface area contributed by atoms with Gasteiger partial charge in [0.25, 0.3) is 10.8 Å². The number of hydrogen-bond acceptors (Lipinski definition) is 6. The number of fused-ring (bicyclic) bond motifs is 1. The Morgan fingerprint density at radius 2 is 2.19 bits per heavy atom. The first-order valence-corrected chi connectivity index (χ1v) is 7.40. The number of nitrogens with one attached hydrogen (secondary N) is 1. The van der Waals surface area contributed by atoms with Crippen LogP contribution in [0.3, 0.4) is 0 Å². The molecule has 0 amide bonds. The molecule has 6 nitrogen and oxygen atoms in total. The molecule has 0 aliphatic heterocycles. The fourth-order valence-electron chi connectivity index (χ4n) is 1.96. The Morgan fingerprint density at radius 1 is 1.33 bits per heavy atom. The van der Waals surface area contributed by atoms with Crippen LogP contribution < -0.4 is 11.3 Å². The smallest absolute Gasteiger partial charge is 0.264 e. The molecular formula is C14H14N4O2S. The summed E-state index contributed by atoms with van der Waals surface area (Å²) in [5, 5.41) is 0.901. The van der Waals surface area contributed by atoms with Gasteiger partial charge in [0, 0.05) is 35.3 Å². The molecule has 1 aromatic carbocycles. The molecule has 3 aromatic rings. The molecule has 0 spiro atoms. The van der Waals surface area contributed by atoms with E-state index in [9.17, 15) is 4.79 Å². The highest BCUT2D eigenvalue weighted by Gasteiger charge is 2.10. The zero-order chi connectivity index (χ0) is 14.8. The number of nitrogens with two attached hydrogens (primary N) is 1. The van der Waals surface area contributed by atoms with Gasteiger partial charge in [-0.3, -0.25) is 4.79 Å². The molecule has 0 aliphatic rings. The van der Waals surface area contributed by atoms with Gasteiger partial charge in [-0.15, -0.1) is 0 Å². The highest BCUT2D eigenvalue weighted by Crippen LogP contribution is 2.28. The number of anilines is 1. The van der Waals surface area contributed by atoms with Crippen LogP contribution in [0.2, 0.25) is 0 Å². The Morgan fingerprint density at radius 3 is 3.00 bits per heavy atom. The molecule has 0 radical (unpaired) electrons. The summed E-state index contributed by atoms with van der Waals surface area (Å²) in [6, 6.07) is 6.79. The first kappa shape index (κ1) is 13.7. The summed E-state index contributed by atoms with van der Waals surface area (Å²) in [5.74, 6) is 0. The zero-order valence-corrected chi connectivity index (χ0v) is 12.2. The van der Waals surface area contributed by atoms with Crippen molar-refractivity contribution in [1.29, 1.82) is 0 Å². The van der Waals surface area contributed by atoms with Gasteiger partial charge in [-0.05, 0) is 18.6 Å². The van der Waals surface area contributed by atoms with Crippen molar-refractivity contribution in [1.82, 2.24) is 15.0 Å². The van der Waals surface area contributed by atoms with E-state index in [0.29, 0.717) is 21.6 Å². The standard InChI is InChI=1S/C14H14N4O2S/c1-2-3-9-7-12(19)18-13(16-9)21-14-17-10-5-4-8(15)6-11(10)20-14/h4-7H,2-3,15H2,1H3,(H,16,18,19). The van der Waals surface area contributed by atoms with Gasteiger partial charge in [-0.2, -0.15) is 0 Å². The summed E-state index contributed by atoms with van der Waals surface area (Å²) in [7, 11) is 0. The van der Waals surface area contributed by atoms with E-state index in [-0.39, 0.29) is 5.56 Å². The molecule has 0 saturated carbocycles. The average molecular weight is 302 g/mol. The third-order valence-corrected chi connectivity index (χ3v) is 3.59. The van der Waals surface area contributed by atoms with Crippen molar-refractivity contribution in [2.45, 2.75) is 30.1 Å². The minimum Gasteiger partial charge on any atom is -0.431 e. The second-order valence-electron chi connectivity index (χ2n) is 4.60. The Balaban J connectivity index is 1.92. The number of H-pyrrole nitrogens is 1. The third kappa shape index (κ3) is 3.08. The number of rotatable bonds is 4. The van der Waals surface area contributed by atoms with Crippen LogP contribution in [0.4, 0.5) is 5.69 Å². The number of nitrogens with zero attached hydrogens (tertiary/aromatic N) is 2. The maximum absolute atomic E-state index is 11.6. The van der Waals surface area contributed by atoms with Gasteiger partial charge in [0.05, 0.1) is 0 Å². The van der Waals surface area contributed by atoms with E-state index in [2.05, 4.69) is 15.0 Å². The number of nitrogen functional groups attached to an aromatic ring is 1. The molecule has 0 bridgehead atoms. The predicted molar refractivity (Wildman–Crippen MR) is 81.4 cm³/mol. The molecule has 0 aliphatic carbocycles. The lowest BCUT2D eigenvalue weighted by atomic mass is 10.2. The number of aryl methyl sites for hydroxylation is 1. The zero-order valence-electron chi connectivity index (χ0n) is 11.4. The van der Waals surface area contributed by atoms with Crippen LogP contribution >= 0.6 is 11.8 Å². The highest BCUT2D eigenvalue weighted by atomic mass is 32.2. The van der Waals surface area contributed by atoms with Crippen molar-refractivity contribution in [3.05, 3.63) is 40.3 Å². The molecule has 21 heavy (non-hydrogen) atoms. The number of oxazole rings is 1. The summed E-state index contributed by atoms with van der Waals surface area (Å²) < 4.78 is 5.60. The Kier molecular flexibility index (Phi) is 3.66. The molecule has 0 fully saturated rings. The summed E-state index contributed by atoms with van der Waals surface area (Å²) in [6.45, 7) is 2.04. The van der Waals surface area contributed by atoms with E-state index < -0.39 is 0 Å². The van der Waals surface area contributed by atoms with Crippen LogP contribution in [0.1, 0.15) is 19.0 Å². The maximum Gasteiger partial charge on any atom is 0.264 e. The lowest BCUT2D eigenvalue weighted by Gasteiger charge is -2.00. The first-order chi connectivity index (χ1) is 10.1. The topological polar surface area (TPSA) is 97.8 Å². The van der Waals surface area contributed by atoms with Gasteiger partial charge in [-0.1, -0.05) is 13.3 Å². The monoisotopic (exact) mass is 302 g/mol. The normalized spacial score (nSPS) is 11.1. The van der Waals surface area contributed by atoms with Crippen LogP contribution in [-0.4, -0.2) is 15.0 Å². The quantitative estimate of drug-likeness (QED) is 0.568. The Hall–Kier alpha value is -2.28. The van der Waals surface area contributed by atoms with Crippen LogP contribution in [0, 0.1) is 0 Å². The van der Waals surface area contributed by atoms with Crippen molar-refractivity contribution < 1.29 is 4.42 Å². The van der Waals surface area contributed by atoms with E-state index >= 15 is 0 Å². The van der Waals surface area contributed by atoms with Crippen molar-refractivity contribution >= 4 is 28.5 Å². The fourth-order valence-corrected chi connectivity index (χ4v) is 2.72. The molecule has 0 unspecified atom stereocenters. The summed E-state index contributed by atoms with van der Waals surface area (Å²) in [4.78, 5) is 23.0. The van der Waals surface area contributed by atoms with E-state index in [0.717, 1.165) is 24.1 Å². The molecule has 108 valence electrons. The van der Waals surface area contributed by atoms with Gasteiger partial charge in [0.15, 0.2) is 10.7 Å². The van der Waals surface area contributed by atoms with Crippen LogP contribution in [0.5, 0.6) is 0 Å². The lowest BCUT2D eigenvalue weighted by Crippen LogP contribution is -2.09. The molecule has 0 atom stereocenters. The molecular weight excluding hydrogens is 288 g/mol. The van der Waals surface area contributed by atoms with Crippen LogP contribution in [0.15, 0.2) is 43.9 Å². The molecule has 0 saturated heterocycles. The van der Waals surface area contributed by atoms with Gasteiger partial charge in [0.1, 0.15) is 5.52 Å². The number of benzene rings is 1. The minimum atomic E-state index is -0.170. The minimum absolute atomic E-state index is 0.170. The Labute approximate surface area is 124 Å². The second kappa shape index (κ2) is 5.61. The summed E-state index contributed by atoms with van der Waals surface area (Å²) in [6.07, 6.45) is 1.70. The van der Waals surface area contributed by atoms with Crippen molar-refractivity contribution in [3.8, 4) is 0 Å². The summed E-state index contributed by atoms with van der Waals surface area (Å²) in [5.41, 5.74) is 8.26. The van der Waals surface area contributed by atoms with E-state index in [4.69, 9.17) is 10.2 Å². The van der Waals surface area contributed by atoms with Crippen molar-refractivity contribution in [2.75, 3.05) is 5.73 Å². The number of aromatic amines is 1.